The van der Waals surface area contributed by atoms with Gasteiger partial charge < -0.3 is 14.8 Å². The molecule has 1 amide bonds. The van der Waals surface area contributed by atoms with E-state index in [4.69, 9.17) is 21.1 Å². The Bertz CT molecular complexity index is 492. The average molecular weight is 289 g/mol. The molecule has 0 fully saturated rings. The molecule has 0 atom stereocenters. The summed E-state index contributed by atoms with van der Waals surface area (Å²) in [6.07, 6.45) is 0.0626. The lowest BCUT2D eigenvalue weighted by molar-refractivity contribution is -0.384. The molecule has 1 N–H and O–H groups in total. The Balaban J connectivity index is 3.19. The number of nitro benzene ring substituents is 1. The Hall–Kier alpha value is -2.02. The number of alkyl halides is 1. The molecule has 0 radical (unpaired) electrons. The van der Waals surface area contributed by atoms with Gasteiger partial charge in [-0.05, 0) is 0 Å². The zero-order chi connectivity index (χ0) is 14.4. The van der Waals surface area contributed by atoms with E-state index in [2.05, 4.69) is 5.32 Å². The fourth-order valence-electron chi connectivity index (χ4n) is 1.42. The molecule has 104 valence electrons. The summed E-state index contributed by atoms with van der Waals surface area (Å²) in [4.78, 5) is 21.8. The van der Waals surface area contributed by atoms with Crippen LogP contribution in [0.4, 0.5) is 11.4 Å². The standard InChI is InChI=1S/C11H13ClN2O5/c1-18-9-5-7(13-11(15)3-4-12)8(14(16)17)6-10(9)19-2/h5-6H,3-4H2,1-2H3,(H,13,15). The second kappa shape index (κ2) is 6.79. The summed E-state index contributed by atoms with van der Waals surface area (Å²) in [5.41, 5.74) is -0.238. The van der Waals surface area contributed by atoms with Gasteiger partial charge >= 0.3 is 0 Å². The monoisotopic (exact) mass is 288 g/mol. The number of ether oxygens (including phenoxy) is 2. The maximum Gasteiger partial charge on any atom is 0.296 e. The van der Waals surface area contributed by atoms with Crippen LogP contribution in [0.3, 0.4) is 0 Å². The molecular formula is C11H13ClN2O5. The molecule has 1 rings (SSSR count). The van der Waals surface area contributed by atoms with Crippen molar-refractivity contribution in [2.75, 3.05) is 25.4 Å². The number of nitrogens with zero attached hydrogens (tertiary/aromatic N) is 1. The van der Waals surface area contributed by atoms with E-state index in [0.717, 1.165) is 0 Å². The molecule has 0 saturated carbocycles. The van der Waals surface area contributed by atoms with E-state index in [1.165, 1.54) is 26.4 Å². The van der Waals surface area contributed by atoms with Gasteiger partial charge in [0.15, 0.2) is 11.5 Å². The van der Waals surface area contributed by atoms with Crippen LogP contribution in [0.2, 0.25) is 0 Å². The molecule has 0 aliphatic rings. The minimum atomic E-state index is -0.613. The third-order valence-electron chi connectivity index (χ3n) is 2.29. The Morgan fingerprint density at radius 3 is 2.42 bits per heavy atom. The van der Waals surface area contributed by atoms with Gasteiger partial charge in [0.25, 0.3) is 5.69 Å². The maximum absolute atomic E-state index is 11.5. The van der Waals surface area contributed by atoms with Crippen molar-refractivity contribution in [3.63, 3.8) is 0 Å². The second-order valence-corrected chi connectivity index (χ2v) is 3.85. The topological polar surface area (TPSA) is 90.7 Å². The first-order valence-corrected chi connectivity index (χ1v) is 5.83. The Morgan fingerprint density at radius 2 is 1.95 bits per heavy atom. The van der Waals surface area contributed by atoms with E-state index in [9.17, 15) is 14.9 Å². The van der Waals surface area contributed by atoms with Crippen molar-refractivity contribution in [1.29, 1.82) is 0 Å². The van der Waals surface area contributed by atoms with E-state index in [0.29, 0.717) is 0 Å². The lowest BCUT2D eigenvalue weighted by Crippen LogP contribution is -2.13. The summed E-state index contributed by atoms with van der Waals surface area (Å²) >= 11 is 5.43. The van der Waals surface area contributed by atoms with E-state index in [1.54, 1.807) is 0 Å². The summed E-state index contributed by atoms with van der Waals surface area (Å²) in [6, 6.07) is 2.53. The highest BCUT2D eigenvalue weighted by molar-refractivity contribution is 6.19. The Morgan fingerprint density at radius 1 is 1.37 bits per heavy atom. The van der Waals surface area contributed by atoms with Gasteiger partial charge in [-0.2, -0.15) is 0 Å². The Labute approximate surface area is 114 Å². The minimum Gasteiger partial charge on any atom is -0.493 e. The highest BCUT2D eigenvalue weighted by atomic mass is 35.5. The van der Waals surface area contributed by atoms with Crippen molar-refractivity contribution in [3.8, 4) is 11.5 Å². The van der Waals surface area contributed by atoms with Crippen molar-refractivity contribution < 1.29 is 19.2 Å². The van der Waals surface area contributed by atoms with Crippen LogP contribution < -0.4 is 14.8 Å². The van der Waals surface area contributed by atoms with Gasteiger partial charge in [-0.3, -0.25) is 14.9 Å². The van der Waals surface area contributed by atoms with Gasteiger partial charge in [-0.25, -0.2) is 0 Å². The molecule has 0 aromatic heterocycles. The van der Waals surface area contributed by atoms with Crippen molar-refractivity contribution in [3.05, 3.63) is 22.2 Å². The van der Waals surface area contributed by atoms with Crippen LogP contribution in [0.15, 0.2) is 12.1 Å². The van der Waals surface area contributed by atoms with Crippen LogP contribution in [-0.2, 0) is 4.79 Å². The summed E-state index contributed by atoms with van der Waals surface area (Å²) in [7, 11) is 2.77. The second-order valence-electron chi connectivity index (χ2n) is 3.47. The molecule has 0 aliphatic carbocycles. The van der Waals surface area contributed by atoms with Crippen LogP contribution >= 0.6 is 11.6 Å². The number of hydrogen-bond acceptors (Lipinski definition) is 5. The number of anilines is 1. The molecule has 19 heavy (non-hydrogen) atoms. The number of methoxy groups -OCH3 is 2. The number of amides is 1. The number of rotatable bonds is 6. The quantitative estimate of drug-likeness (QED) is 0.492. The average Bonchev–Trinajstić information content (AvgIpc) is 2.38. The maximum atomic E-state index is 11.5. The molecule has 1 aromatic rings. The van der Waals surface area contributed by atoms with Gasteiger partial charge in [-0.1, -0.05) is 0 Å². The molecule has 0 spiro atoms. The van der Waals surface area contributed by atoms with Gasteiger partial charge in [0.1, 0.15) is 5.69 Å². The van der Waals surface area contributed by atoms with Gasteiger partial charge in [0.2, 0.25) is 5.91 Å². The van der Waals surface area contributed by atoms with Crippen LogP contribution in [0, 0.1) is 10.1 Å². The van der Waals surface area contributed by atoms with Crippen LogP contribution in [-0.4, -0.2) is 30.9 Å². The third kappa shape index (κ3) is 3.72. The van der Waals surface area contributed by atoms with Crippen molar-refractivity contribution in [2.45, 2.75) is 6.42 Å². The van der Waals surface area contributed by atoms with Gasteiger partial charge in [0.05, 0.1) is 25.2 Å². The normalized spacial score (nSPS) is 9.84. The molecular weight excluding hydrogens is 276 g/mol. The van der Waals surface area contributed by atoms with Crippen molar-refractivity contribution in [1.82, 2.24) is 0 Å². The largest absolute Gasteiger partial charge is 0.493 e. The first kappa shape index (κ1) is 15.0. The zero-order valence-electron chi connectivity index (χ0n) is 10.4. The number of nitro groups is 1. The van der Waals surface area contributed by atoms with Crippen LogP contribution in [0.25, 0.3) is 0 Å². The molecule has 0 saturated heterocycles. The number of nitrogens with one attached hydrogen (secondary N) is 1. The lowest BCUT2D eigenvalue weighted by atomic mass is 10.2. The van der Waals surface area contributed by atoms with E-state index in [-0.39, 0.29) is 35.2 Å². The van der Waals surface area contributed by atoms with Crippen molar-refractivity contribution in [2.24, 2.45) is 0 Å². The number of carbonyl (C=O) groups is 1. The first-order chi connectivity index (χ1) is 9.03. The fourth-order valence-corrected chi connectivity index (χ4v) is 1.59. The van der Waals surface area contributed by atoms with Crippen molar-refractivity contribution >= 4 is 28.9 Å². The highest BCUT2D eigenvalue weighted by Gasteiger charge is 2.20. The zero-order valence-corrected chi connectivity index (χ0v) is 11.2. The summed E-state index contributed by atoms with van der Waals surface area (Å²) in [6.45, 7) is 0. The van der Waals surface area contributed by atoms with E-state index >= 15 is 0 Å². The molecule has 7 nitrogen and oxygen atoms in total. The Kier molecular flexibility index (Phi) is 5.37. The van der Waals surface area contributed by atoms with E-state index in [1.807, 2.05) is 0 Å². The fraction of sp³-hybridized carbons (Fsp3) is 0.364. The molecule has 0 heterocycles. The van der Waals surface area contributed by atoms with E-state index < -0.39 is 10.8 Å². The minimum absolute atomic E-state index is 0.0396. The summed E-state index contributed by atoms with van der Waals surface area (Å²) in [5.74, 6) is 0.219. The summed E-state index contributed by atoms with van der Waals surface area (Å²) < 4.78 is 10.00. The molecule has 0 bridgehead atoms. The predicted molar refractivity (Wildman–Crippen MR) is 70.2 cm³/mol. The van der Waals surface area contributed by atoms with Gasteiger partial charge in [0, 0.05) is 18.4 Å². The first-order valence-electron chi connectivity index (χ1n) is 5.29. The summed E-state index contributed by atoms with van der Waals surface area (Å²) in [5, 5.41) is 13.4. The van der Waals surface area contributed by atoms with Crippen LogP contribution in [0.5, 0.6) is 11.5 Å². The SMILES string of the molecule is COc1cc(NC(=O)CCCl)c([N+](=O)[O-])cc1OC. The molecule has 1 aromatic carbocycles. The van der Waals surface area contributed by atoms with Gasteiger partial charge in [-0.15, -0.1) is 11.6 Å². The number of halogens is 1. The highest BCUT2D eigenvalue weighted by Crippen LogP contribution is 2.37. The smallest absolute Gasteiger partial charge is 0.296 e. The third-order valence-corrected chi connectivity index (χ3v) is 2.48. The molecule has 0 unspecified atom stereocenters. The molecule has 0 aliphatic heterocycles. The number of benzene rings is 1. The predicted octanol–water partition coefficient (Wildman–Crippen LogP) is 2.18. The van der Waals surface area contributed by atoms with Crippen LogP contribution in [0.1, 0.15) is 6.42 Å². The molecule has 8 heteroatoms. The number of carbonyl (C=O) groups excluding carboxylic acids is 1. The number of hydrogen-bond donors (Lipinski definition) is 1. The lowest BCUT2D eigenvalue weighted by Gasteiger charge is -2.11.